The Balaban J connectivity index is 2.30. The lowest BCUT2D eigenvalue weighted by Gasteiger charge is -2.10. The zero-order valence-corrected chi connectivity index (χ0v) is 12.6. The van der Waals surface area contributed by atoms with Crippen LogP contribution in [0.15, 0.2) is 34.9 Å². The number of nitrogens with zero attached hydrogens (tertiary/aromatic N) is 1. The molecule has 0 unspecified atom stereocenters. The van der Waals surface area contributed by atoms with E-state index in [9.17, 15) is 9.18 Å². The van der Waals surface area contributed by atoms with Crippen LogP contribution in [0.2, 0.25) is 5.15 Å². The van der Waals surface area contributed by atoms with Crippen LogP contribution in [0.3, 0.4) is 0 Å². The highest BCUT2D eigenvalue weighted by Crippen LogP contribution is 2.28. The maximum absolute atomic E-state index is 13.1. The molecule has 0 atom stereocenters. The van der Waals surface area contributed by atoms with E-state index in [0.29, 0.717) is 15.9 Å². The third-order valence-corrected chi connectivity index (χ3v) is 3.46. The van der Waals surface area contributed by atoms with Crippen molar-refractivity contribution in [2.24, 2.45) is 0 Å². The second-order valence-corrected chi connectivity index (χ2v) is 5.00. The number of pyridine rings is 1. The van der Waals surface area contributed by atoms with Crippen molar-refractivity contribution >= 4 is 39.1 Å². The van der Waals surface area contributed by atoms with Crippen molar-refractivity contribution in [2.45, 2.75) is 0 Å². The monoisotopic (exact) mass is 358 g/mol. The summed E-state index contributed by atoms with van der Waals surface area (Å²) in [6, 6.07) is 6.11. The van der Waals surface area contributed by atoms with Crippen LogP contribution in [0.25, 0.3) is 0 Å². The smallest absolute Gasteiger partial charge is 0.258 e. The van der Waals surface area contributed by atoms with E-state index in [-0.39, 0.29) is 10.7 Å². The third-order valence-electron chi connectivity index (χ3n) is 2.47. The minimum atomic E-state index is -0.635. The number of aromatic nitrogens is 1. The molecule has 1 N–H and O–H groups in total. The van der Waals surface area contributed by atoms with Gasteiger partial charge in [0, 0.05) is 10.5 Å². The van der Waals surface area contributed by atoms with Crippen LogP contribution in [-0.4, -0.2) is 18.0 Å². The van der Waals surface area contributed by atoms with Gasteiger partial charge in [0.1, 0.15) is 16.7 Å². The first-order chi connectivity index (χ1) is 9.51. The minimum absolute atomic E-state index is 0.0404. The van der Waals surface area contributed by atoms with Gasteiger partial charge in [0.25, 0.3) is 5.91 Å². The molecule has 0 radical (unpaired) electrons. The quantitative estimate of drug-likeness (QED) is 0.846. The van der Waals surface area contributed by atoms with Gasteiger partial charge in [0.15, 0.2) is 0 Å². The standard InChI is InChI=1S/C13H9BrClFN2O2/c1-20-8-2-3-10(14)11(5-8)18-13(19)9-4-7(16)6-17-12(9)15/h2-6H,1H3,(H,18,19). The van der Waals surface area contributed by atoms with Crippen LogP contribution in [0.1, 0.15) is 10.4 Å². The summed E-state index contributed by atoms with van der Waals surface area (Å²) in [6.07, 6.45) is 0.945. The summed E-state index contributed by atoms with van der Waals surface area (Å²) in [4.78, 5) is 15.7. The molecule has 1 amide bonds. The van der Waals surface area contributed by atoms with Crippen LogP contribution in [0.5, 0.6) is 5.75 Å². The van der Waals surface area contributed by atoms with Crippen LogP contribution < -0.4 is 10.1 Å². The highest BCUT2D eigenvalue weighted by Gasteiger charge is 2.14. The largest absolute Gasteiger partial charge is 0.497 e. The zero-order chi connectivity index (χ0) is 14.7. The molecule has 7 heteroatoms. The Hall–Kier alpha value is -1.66. The number of hydrogen-bond acceptors (Lipinski definition) is 3. The van der Waals surface area contributed by atoms with Crippen molar-refractivity contribution in [3.8, 4) is 5.75 Å². The predicted octanol–water partition coefficient (Wildman–Crippen LogP) is 3.90. The molecular formula is C13H9BrClFN2O2. The topological polar surface area (TPSA) is 51.2 Å². The molecule has 1 aromatic heterocycles. The van der Waals surface area contributed by atoms with Gasteiger partial charge in [-0.05, 0) is 34.1 Å². The molecule has 4 nitrogen and oxygen atoms in total. The van der Waals surface area contributed by atoms with E-state index < -0.39 is 11.7 Å². The fourth-order valence-corrected chi connectivity index (χ4v) is 2.03. The summed E-state index contributed by atoms with van der Waals surface area (Å²) in [5.41, 5.74) is 0.441. The number of methoxy groups -OCH3 is 1. The number of benzene rings is 1. The maximum Gasteiger partial charge on any atom is 0.258 e. The number of rotatable bonds is 3. The van der Waals surface area contributed by atoms with E-state index in [0.717, 1.165) is 12.3 Å². The zero-order valence-electron chi connectivity index (χ0n) is 10.3. The molecule has 1 aromatic carbocycles. The van der Waals surface area contributed by atoms with Crippen LogP contribution in [-0.2, 0) is 0 Å². The Morgan fingerprint density at radius 2 is 2.20 bits per heavy atom. The first kappa shape index (κ1) is 14.7. The van der Waals surface area contributed by atoms with Crippen molar-refractivity contribution in [3.05, 3.63) is 51.5 Å². The lowest BCUT2D eigenvalue weighted by atomic mass is 10.2. The van der Waals surface area contributed by atoms with Crippen molar-refractivity contribution in [1.82, 2.24) is 4.98 Å². The highest BCUT2D eigenvalue weighted by molar-refractivity contribution is 9.10. The second kappa shape index (κ2) is 6.19. The van der Waals surface area contributed by atoms with Gasteiger partial charge in [-0.15, -0.1) is 0 Å². The van der Waals surface area contributed by atoms with Crippen molar-refractivity contribution in [1.29, 1.82) is 0 Å². The summed E-state index contributed by atoms with van der Waals surface area (Å²) >= 11 is 9.08. The number of halogens is 3. The summed E-state index contributed by atoms with van der Waals surface area (Å²) in [6.45, 7) is 0. The Labute approximate surface area is 128 Å². The summed E-state index contributed by atoms with van der Waals surface area (Å²) in [5, 5.41) is 2.55. The molecule has 1 heterocycles. The minimum Gasteiger partial charge on any atom is -0.497 e. The van der Waals surface area contributed by atoms with E-state index in [2.05, 4.69) is 26.2 Å². The number of nitrogens with one attached hydrogen (secondary N) is 1. The maximum atomic E-state index is 13.1. The van der Waals surface area contributed by atoms with Gasteiger partial charge in [-0.1, -0.05) is 11.6 Å². The second-order valence-electron chi connectivity index (χ2n) is 3.79. The Morgan fingerprint density at radius 3 is 2.90 bits per heavy atom. The molecule has 0 fully saturated rings. The summed E-state index contributed by atoms with van der Waals surface area (Å²) in [7, 11) is 1.52. The molecule has 0 spiro atoms. The van der Waals surface area contributed by atoms with E-state index >= 15 is 0 Å². The fourth-order valence-electron chi connectivity index (χ4n) is 1.50. The van der Waals surface area contributed by atoms with E-state index in [1.54, 1.807) is 18.2 Å². The number of hydrogen-bond donors (Lipinski definition) is 1. The molecular weight excluding hydrogens is 351 g/mol. The summed E-state index contributed by atoms with van der Waals surface area (Å²) < 4.78 is 18.8. The van der Waals surface area contributed by atoms with Gasteiger partial charge in [0.05, 0.1) is 24.6 Å². The molecule has 0 aliphatic rings. The first-order valence-electron chi connectivity index (χ1n) is 5.47. The first-order valence-corrected chi connectivity index (χ1v) is 6.64. The van der Waals surface area contributed by atoms with Gasteiger partial charge in [-0.2, -0.15) is 0 Å². The number of ether oxygens (including phenoxy) is 1. The average Bonchev–Trinajstić information content (AvgIpc) is 2.43. The van der Waals surface area contributed by atoms with Crippen molar-refractivity contribution in [2.75, 3.05) is 12.4 Å². The third kappa shape index (κ3) is 3.26. The number of anilines is 1. The molecule has 0 aliphatic carbocycles. The number of amides is 1. The normalized spacial score (nSPS) is 10.2. The van der Waals surface area contributed by atoms with Gasteiger partial charge in [-0.3, -0.25) is 4.79 Å². The Kier molecular flexibility index (Phi) is 4.57. The predicted molar refractivity (Wildman–Crippen MR) is 77.9 cm³/mol. The molecule has 2 rings (SSSR count). The van der Waals surface area contributed by atoms with Crippen molar-refractivity contribution < 1.29 is 13.9 Å². The Morgan fingerprint density at radius 1 is 1.45 bits per heavy atom. The lowest BCUT2D eigenvalue weighted by Crippen LogP contribution is -2.14. The van der Waals surface area contributed by atoms with Crippen LogP contribution in [0.4, 0.5) is 10.1 Å². The number of carbonyl (C=O) groups excluding carboxylic acids is 1. The van der Waals surface area contributed by atoms with E-state index in [1.165, 1.54) is 7.11 Å². The average molecular weight is 360 g/mol. The Bertz CT molecular complexity index is 667. The fraction of sp³-hybridized carbons (Fsp3) is 0.0769. The van der Waals surface area contributed by atoms with E-state index in [4.69, 9.17) is 16.3 Å². The lowest BCUT2D eigenvalue weighted by molar-refractivity contribution is 0.102. The summed E-state index contributed by atoms with van der Waals surface area (Å²) in [5.74, 6) is -0.618. The number of carbonyl (C=O) groups is 1. The molecule has 0 bridgehead atoms. The van der Waals surface area contributed by atoms with Crippen LogP contribution >= 0.6 is 27.5 Å². The molecule has 104 valence electrons. The van der Waals surface area contributed by atoms with Gasteiger partial charge >= 0.3 is 0 Å². The van der Waals surface area contributed by atoms with Gasteiger partial charge in [0.2, 0.25) is 0 Å². The molecule has 0 saturated heterocycles. The van der Waals surface area contributed by atoms with Gasteiger partial charge < -0.3 is 10.1 Å². The SMILES string of the molecule is COc1ccc(Br)c(NC(=O)c2cc(F)cnc2Cl)c1. The van der Waals surface area contributed by atoms with Crippen LogP contribution in [0, 0.1) is 5.82 Å². The molecule has 2 aromatic rings. The molecule has 20 heavy (non-hydrogen) atoms. The van der Waals surface area contributed by atoms with E-state index in [1.807, 2.05) is 0 Å². The molecule has 0 saturated carbocycles. The highest BCUT2D eigenvalue weighted by atomic mass is 79.9. The van der Waals surface area contributed by atoms with Crippen molar-refractivity contribution in [3.63, 3.8) is 0 Å². The van der Waals surface area contributed by atoms with Gasteiger partial charge in [-0.25, -0.2) is 9.37 Å². The molecule has 0 aliphatic heterocycles.